The molecule has 0 saturated heterocycles. The zero-order chi connectivity index (χ0) is 22.2. The van der Waals surface area contributed by atoms with Gasteiger partial charge in [0.05, 0.1) is 5.54 Å². The number of carbonyl (C=O) groups excluding carboxylic acids is 1. The van der Waals surface area contributed by atoms with E-state index >= 15 is 0 Å². The number of amides is 1. The summed E-state index contributed by atoms with van der Waals surface area (Å²) in [6.45, 7) is 0. The molecule has 2 nitrogen and oxygen atoms in total. The van der Waals surface area contributed by atoms with Crippen molar-refractivity contribution in [2.45, 2.75) is 12.0 Å². The molecule has 158 valence electrons. The predicted octanol–water partition coefficient (Wildman–Crippen LogP) is 6.60. The van der Waals surface area contributed by atoms with E-state index in [9.17, 15) is 9.18 Å². The Balaban J connectivity index is 1.77. The molecule has 0 heterocycles. The minimum atomic E-state index is -0.772. The standard InChI is InChI=1S/C29H24FNO/c30-27-20-18-23(19-21-27)11-10-22-29(25-14-6-2-7-15-25,26-16-8-3-9-17-26)31-28(32)24-12-4-1-5-13-24/h1-21H,22H2,(H,31,32). The Morgan fingerprint density at radius 1 is 0.719 bits per heavy atom. The Labute approximate surface area is 188 Å². The Bertz CT molecular complexity index is 1130. The first-order valence-electron chi connectivity index (χ1n) is 10.6. The van der Waals surface area contributed by atoms with E-state index in [1.807, 2.05) is 103 Å². The fraction of sp³-hybridized carbons (Fsp3) is 0.0690. The number of nitrogens with one attached hydrogen (secondary N) is 1. The fourth-order valence-electron chi connectivity index (χ4n) is 3.84. The maximum atomic E-state index is 13.3. The first kappa shape index (κ1) is 21.3. The third-order valence-corrected chi connectivity index (χ3v) is 5.50. The summed E-state index contributed by atoms with van der Waals surface area (Å²) in [5.41, 5.74) is 2.70. The van der Waals surface area contributed by atoms with E-state index in [1.165, 1.54) is 12.1 Å². The molecule has 0 radical (unpaired) electrons. The molecule has 0 saturated carbocycles. The quantitative estimate of drug-likeness (QED) is 0.358. The second kappa shape index (κ2) is 9.88. The summed E-state index contributed by atoms with van der Waals surface area (Å²) in [6.07, 6.45) is 4.50. The molecule has 0 aliphatic rings. The minimum Gasteiger partial charge on any atom is -0.338 e. The van der Waals surface area contributed by atoms with Gasteiger partial charge in [-0.25, -0.2) is 4.39 Å². The van der Waals surface area contributed by atoms with Gasteiger partial charge in [0.2, 0.25) is 0 Å². The molecule has 3 heteroatoms. The molecule has 0 bridgehead atoms. The molecule has 0 aliphatic carbocycles. The maximum absolute atomic E-state index is 13.3. The Morgan fingerprint density at radius 3 is 1.75 bits per heavy atom. The second-order valence-electron chi connectivity index (χ2n) is 7.62. The summed E-state index contributed by atoms with van der Waals surface area (Å²) in [4.78, 5) is 13.3. The van der Waals surface area contributed by atoms with E-state index in [1.54, 1.807) is 12.1 Å². The van der Waals surface area contributed by atoms with Crippen molar-refractivity contribution in [1.82, 2.24) is 5.32 Å². The normalized spacial score (nSPS) is 11.4. The number of benzene rings is 4. The van der Waals surface area contributed by atoms with Crippen LogP contribution in [-0.4, -0.2) is 5.91 Å². The molecule has 0 aliphatic heterocycles. The van der Waals surface area contributed by atoms with Crippen LogP contribution in [0.1, 0.15) is 33.5 Å². The van der Waals surface area contributed by atoms with E-state index in [2.05, 4.69) is 5.32 Å². The monoisotopic (exact) mass is 421 g/mol. The van der Waals surface area contributed by atoms with Crippen LogP contribution in [0.4, 0.5) is 4.39 Å². The first-order chi connectivity index (χ1) is 15.7. The number of carbonyl (C=O) groups is 1. The van der Waals surface area contributed by atoms with Gasteiger partial charge in [-0.2, -0.15) is 0 Å². The van der Waals surface area contributed by atoms with E-state index < -0.39 is 5.54 Å². The highest BCUT2D eigenvalue weighted by Crippen LogP contribution is 2.34. The van der Waals surface area contributed by atoms with E-state index in [-0.39, 0.29) is 11.7 Å². The van der Waals surface area contributed by atoms with Gasteiger partial charge in [-0.3, -0.25) is 4.79 Å². The number of halogens is 1. The molecule has 4 aromatic rings. The summed E-state index contributed by atoms with van der Waals surface area (Å²) in [5.74, 6) is -0.409. The Hall–Kier alpha value is -3.98. The highest BCUT2D eigenvalue weighted by molar-refractivity contribution is 5.95. The number of hydrogen-bond acceptors (Lipinski definition) is 1. The molecule has 4 rings (SSSR count). The first-order valence-corrected chi connectivity index (χ1v) is 10.6. The van der Waals surface area contributed by atoms with Crippen molar-refractivity contribution in [1.29, 1.82) is 0 Å². The largest absolute Gasteiger partial charge is 0.338 e. The van der Waals surface area contributed by atoms with Gasteiger partial charge >= 0.3 is 0 Å². The lowest BCUT2D eigenvalue weighted by Crippen LogP contribution is -2.46. The van der Waals surface area contributed by atoms with Crippen LogP contribution in [0.5, 0.6) is 0 Å². The summed E-state index contributed by atoms with van der Waals surface area (Å²) in [6, 6.07) is 35.6. The van der Waals surface area contributed by atoms with Crippen molar-refractivity contribution in [3.05, 3.63) is 149 Å². The molecule has 1 amide bonds. The van der Waals surface area contributed by atoms with E-state index in [0.29, 0.717) is 12.0 Å². The topological polar surface area (TPSA) is 29.1 Å². The van der Waals surface area contributed by atoms with E-state index in [0.717, 1.165) is 16.7 Å². The summed E-state index contributed by atoms with van der Waals surface area (Å²) in [5, 5.41) is 3.32. The zero-order valence-corrected chi connectivity index (χ0v) is 17.6. The van der Waals surface area contributed by atoms with Gasteiger partial charge in [0.25, 0.3) is 5.91 Å². The van der Waals surface area contributed by atoms with Gasteiger partial charge < -0.3 is 5.32 Å². The molecule has 0 fully saturated rings. The molecular weight excluding hydrogens is 397 g/mol. The fourth-order valence-corrected chi connectivity index (χ4v) is 3.84. The van der Waals surface area contributed by atoms with Gasteiger partial charge in [0.1, 0.15) is 5.82 Å². The summed E-state index contributed by atoms with van der Waals surface area (Å²) in [7, 11) is 0. The van der Waals surface area contributed by atoms with Crippen LogP contribution >= 0.6 is 0 Å². The van der Waals surface area contributed by atoms with Crippen molar-refractivity contribution >= 4 is 12.0 Å². The van der Waals surface area contributed by atoms with Crippen LogP contribution in [-0.2, 0) is 5.54 Å². The van der Waals surface area contributed by atoms with Crippen LogP contribution in [0.15, 0.2) is 121 Å². The van der Waals surface area contributed by atoms with Gasteiger partial charge in [-0.05, 0) is 47.4 Å². The number of rotatable bonds is 7. The van der Waals surface area contributed by atoms with Gasteiger partial charge in [-0.1, -0.05) is 103 Å². The van der Waals surface area contributed by atoms with Crippen molar-refractivity contribution in [3.8, 4) is 0 Å². The smallest absolute Gasteiger partial charge is 0.252 e. The minimum absolute atomic E-state index is 0.145. The average molecular weight is 422 g/mol. The predicted molar refractivity (Wildman–Crippen MR) is 128 cm³/mol. The third-order valence-electron chi connectivity index (χ3n) is 5.50. The van der Waals surface area contributed by atoms with Gasteiger partial charge in [0.15, 0.2) is 0 Å². The van der Waals surface area contributed by atoms with Crippen LogP contribution in [0, 0.1) is 5.82 Å². The molecule has 32 heavy (non-hydrogen) atoms. The Morgan fingerprint density at radius 2 is 1.22 bits per heavy atom. The molecule has 0 atom stereocenters. The van der Waals surface area contributed by atoms with E-state index in [4.69, 9.17) is 0 Å². The van der Waals surface area contributed by atoms with Crippen molar-refractivity contribution in [3.63, 3.8) is 0 Å². The molecule has 1 N–H and O–H groups in total. The zero-order valence-electron chi connectivity index (χ0n) is 17.6. The van der Waals surface area contributed by atoms with Crippen LogP contribution in [0.25, 0.3) is 6.08 Å². The highest BCUT2D eigenvalue weighted by Gasteiger charge is 2.35. The summed E-state index contributed by atoms with van der Waals surface area (Å²) >= 11 is 0. The van der Waals surface area contributed by atoms with Crippen molar-refractivity contribution in [2.24, 2.45) is 0 Å². The lowest BCUT2D eigenvalue weighted by atomic mass is 9.79. The second-order valence-corrected chi connectivity index (χ2v) is 7.62. The van der Waals surface area contributed by atoms with Crippen LogP contribution in [0.3, 0.4) is 0 Å². The number of hydrogen-bond donors (Lipinski definition) is 1. The summed E-state index contributed by atoms with van der Waals surface area (Å²) < 4.78 is 13.3. The van der Waals surface area contributed by atoms with Crippen molar-refractivity contribution < 1.29 is 9.18 Å². The SMILES string of the molecule is O=C(NC(CC=Cc1ccc(F)cc1)(c1ccccc1)c1ccccc1)c1ccccc1. The molecule has 0 unspecified atom stereocenters. The van der Waals surface area contributed by atoms with Crippen LogP contribution < -0.4 is 5.32 Å². The van der Waals surface area contributed by atoms with Gasteiger partial charge in [0, 0.05) is 5.56 Å². The maximum Gasteiger partial charge on any atom is 0.252 e. The highest BCUT2D eigenvalue weighted by atomic mass is 19.1. The van der Waals surface area contributed by atoms with Gasteiger partial charge in [-0.15, -0.1) is 0 Å². The van der Waals surface area contributed by atoms with Crippen LogP contribution in [0.2, 0.25) is 0 Å². The lowest BCUT2D eigenvalue weighted by molar-refractivity contribution is 0.0913. The lowest BCUT2D eigenvalue weighted by Gasteiger charge is -2.35. The molecular formula is C29H24FNO. The Kier molecular flexibility index (Phi) is 6.57. The molecule has 0 aromatic heterocycles. The van der Waals surface area contributed by atoms with Crippen molar-refractivity contribution in [2.75, 3.05) is 0 Å². The molecule has 0 spiro atoms. The third kappa shape index (κ3) is 4.84. The molecule has 4 aromatic carbocycles. The average Bonchev–Trinajstić information content (AvgIpc) is 2.86.